The van der Waals surface area contributed by atoms with Crippen LogP contribution in [0.1, 0.15) is 49.9 Å². The summed E-state index contributed by atoms with van der Waals surface area (Å²) in [5, 5.41) is 11.7. The molecule has 1 aromatic carbocycles. The monoisotopic (exact) mass is 369 g/mol. The van der Waals surface area contributed by atoms with E-state index < -0.39 is 5.60 Å². The van der Waals surface area contributed by atoms with Gasteiger partial charge in [-0.05, 0) is 31.7 Å². The topological polar surface area (TPSA) is 58.4 Å². The summed E-state index contributed by atoms with van der Waals surface area (Å²) in [6.45, 7) is 3.40. The predicted octanol–water partition coefficient (Wildman–Crippen LogP) is 3.51. The number of aliphatic hydroxyl groups is 1. The van der Waals surface area contributed by atoms with Crippen molar-refractivity contribution < 1.29 is 9.90 Å². The second-order valence-corrected chi connectivity index (χ2v) is 7.72. The van der Waals surface area contributed by atoms with Crippen molar-refractivity contribution in [3.63, 3.8) is 0 Å². The van der Waals surface area contributed by atoms with Crippen molar-refractivity contribution in [1.82, 2.24) is 14.5 Å². The highest BCUT2D eigenvalue weighted by molar-refractivity contribution is 5.86. The van der Waals surface area contributed by atoms with Gasteiger partial charge in [-0.25, -0.2) is 4.98 Å². The molecule has 146 valence electrons. The van der Waals surface area contributed by atoms with Gasteiger partial charge < -0.3 is 14.6 Å². The zero-order chi connectivity index (χ0) is 19.3. The summed E-state index contributed by atoms with van der Waals surface area (Å²) in [6, 6.07) is 9.49. The zero-order valence-electron chi connectivity index (χ0n) is 16.5. The fraction of sp³-hybridized carbons (Fsp3) is 0.545. The number of aromatic nitrogens is 2. The van der Waals surface area contributed by atoms with E-state index in [9.17, 15) is 9.90 Å². The molecule has 1 amide bonds. The fourth-order valence-corrected chi connectivity index (χ4v) is 4.26. The molecule has 1 saturated carbocycles. The molecule has 1 unspecified atom stereocenters. The van der Waals surface area contributed by atoms with E-state index in [-0.39, 0.29) is 11.8 Å². The second-order valence-electron chi connectivity index (χ2n) is 7.72. The zero-order valence-corrected chi connectivity index (χ0v) is 16.5. The first kappa shape index (κ1) is 19.6. The van der Waals surface area contributed by atoms with Crippen LogP contribution in [-0.4, -0.2) is 39.1 Å². The molecular weight excluding hydrogens is 338 g/mol. The number of rotatable bonds is 7. The number of likely N-dealkylation sites (N-methyl/N-ethyl adjacent to an activating group) is 1. The molecule has 1 aliphatic rings. The highest BCUT2D eigenvalue weighted by Crippen LogP contribution is 2.40. The molecule has 5 heteroatoms. The number of carbonyl (C=O) groups excluding carboxylic acids is 1. The molecule has 1 aliphatic carbocycles. The largest absolute Gasteiger partial charge is 0.375 e. The number of hydrogen-bond donors (Lipinski definition) is 1. The highest BCUT2D eigenvalue weighted by atomic mass is 16.3. The number of carbonyl (C=O) groups is 1. The molecule has 3 rings (SSSR count). The number of nitrogens with zero attached hydrogens (tertiary/aromatic N) is 3. The normalized spacial score (nSPS) is 17.4. The lowest BCUT2D eigenvalue weighted by Gasteiger charge is -2.40. The van der Waals surface area contributed by atoms with Gasteiger partial charge in [0.05, 0.1) is 0 Å². The highest BCUT2D eigenvalue weighted by Gasteiger charge is 2.46. The van der Waals surface area contributed by atoms with Crippen molar-refractivity contribution >= 4 is 5.91 Å². The minimum Gasteiger partial charge on any atom is -0.375 e. The van der Waals surface area contributed by atoms with Gasteiger partial charge in [0.15, 0.2) is 5.60 Å². The van der Waals surface area contributed by atoms with E-state index in [0.717, 1.165) is 50.0 Å². The number of hydrogen-bond acceptors (Lipinski definition) is 3. The Morgan fingerprint density at radius 1 is 1.26 bits per heavy atom. The van der Waals surface area contributed by atoms with Gasteiger partial charge in [-0.2, -0.15) is 0 Å². The lowest BCUT2D eigenvalue weighted by atomic mass is 9.72. The van der Waals surface area contributed by atoms with Crippen LogP contribution in [0.25, 0.3) is 0 Å². The maximum absolute atomic E-state index is 13.4. The third-order valence-corrected chi connectivity index (χ3v) is 5.90. The molecule has 27 heavy (non-hydrogen) atoms. The summed E-state index contributed by atoms with van der Waals surface area (Å²) in [7, 11) is 1.81. The van der Waals surface area contributed by atoms with Gasteiger partial charge in [0.1, 0.15) is 5.82 Å². The van der Waals surface area contributed by atoms with Gasteiger partial charge in [-0.3, -0.25) is 4.79 Å². The number of imidazole rings is 1. The predicted molar refractivity (Wildman–Crippen MR) is 106 cm³/mol. The summed E-state index contributed by atoms with van der Waals surface area (Å²) in [6.07, 6.45) is 9.73. The third kappa shape index (κ3) is 4.24. The van der Waals surface area contributed by atoms with Crippen LogP contribution in [-0.2, 0) is 16.9 Å². The Morgan fingerprint density at radius 2 is 1.96 bits per heavy atom. The molecule has 1 heterocycles. The molecule has 0 radical (unpaired) electrons. The van der Waals surface area contributed by atoms with Gasteiger partial charge in [0.2, 0.25) is 0 Å². The fourth-order valence-electron chi connectivity index (χ4n) is 4.26. The molecule has 1 atom stereocenters. The van der Waals surface area contributed by atoms with E-state index in [1.807, 2.05) is 43.5 Å². The lowest BCUT2D eigenvalue weighted by Crippen LogP contribution is -2.51. The molecule has 5 nitrogen and oxygen atoms in total. The summed E-state index contributed by atoms with van der Waals surface area (Å²) in [5.41, 5.74) is -0.708. The first-order chi connectivity index (χ1) is 13.0. The Labute approximate surface area is 162 Å². The van der Waals surface area contributed by atoms with Gasteiger partial charge >= 0.3 is 0 Å². The Hall–Kier alpha value is -2.14. The summed E-state index contributed by atoms with van der Waals surface area (Å²) >= 11 is 0. The number of aryl methyl sites for hydroxylation is 2. The van der Waals surface area contributed by atoms with Crippen LogP contribution in [0, 0.1) is 12.8 Å². The van der Waals surface area contributed by atoms with E-state index in [4.69, 9.17) is 0 Å². The maximum Gasteiger partial charge on any atom is 0.259 e. The van der Waals surface area contributed by atoms with Crippen LogP contribution in [0.4, 0.5) is 0 Å². The Morgan fingerprint density at radius 3 is 2.59 bits per heavy atom. The van der Waals surface area contributed by atoms with Crippen molar-refractivity contribution in [3.8, 4) is 0 Å². The van der Waals surface area contributed by atoms with Crippen LogP contribution in [0.2, 0.25) is 0 Å². The van der Waals surface area contributed by atoms with Crippen LogP contribution in [0.15, 0.2) is 42.7 Å². The van der Waals surface area contributed by atoms with Crippen LogP contribution < -0.4 is 0 Å². The second kappa shape index (κ2) is 8.70. The summed E-state index contributed by atoms with van der Waals surface area (Å²) in [5.74, 6) is 0.787. The van der Waals surface area contributed by atoms with Gasteiger partial charge in [-0.1, -0.05) is 49.6 Å². The van der Waals surface area contributed by atoms with Crippen molar-refractivity contribution in [1.29, 1.82) is 0 Å². The van der Waals surface area contributed by atoms with Gasteiger partial charge in [0, 0.05) is 38.4 Å². The van der Waals surface area contributed by atoms with E-state index in [0.29, 0.717) is 6.54 Å². The minimum atomic E-state index is -1.43. The Balaban J connectivity index is 1.73. The van der Waals surface area contributed by atoms with Crippen molar-refractivity contribution in [2.45, 2.75) is 57.6 Å². The summed E-state index contributed by atoms with van der Waals surface area (Å²) < 4.78 is 2.09. The molecule has 1 fully saturated rings. The molecule has 1 N–H and O–H groups in total. The first-order valence-electron chi connectivity index (χ1n) is 10.0. The molecule has 2 aromatic rings. The maximum atomic E-state index is 13.4. The average Bonchev–Trinajstić information content (AvgIpc) is 3.12. The van der Waals surface area contributed by atoms with Crippen molar-refractivity contribution in [3.05, 3.63) is 54.1 Å². The standard InChI is InChI=1S/C22H31N3O2/c1-18-23-14-17-25(18)16-9-15-24(2)21(26)22(27,19-10-5-3-6-11-19)20-12-7-4-8-13-20/h3,5-6,10-11,14,17,20,27H,4,7-9,12-13,15-16H2,1-2H3. The number of benzene rings is 1. The van der Waals surface area contributed by atoms with Crippen molar-refractivity contribution in [2.24, 2.45) is 5.92 Å². The average molecular weight is 370 g/mol. The minimum absolute atomic E-state index is 0.0144. The van der Waals surface area contributed by atoms with Gasteiger partial charge in [-0.15, -0.1) is 0 Å². The molecule has 0 bridgehead atoms. The summed E-state index contributed by atoms with van der Waals surface area (Å²) in [4.78, 5) is 19.3. The third-order valence-electron chi connectivity index (χ3n) is 5.90. The van der Waals surface area contributed by atoms with E-state index >= 15 is 0 Å². The number of amides is 1. The first-order valence-corrected chi connectivity index (χ1v) is 10.0. The van der Waals surface area contributed by atoms with E-state index in [2.05, 4.69) is 9.55 Å². The van der Waals surface area contributed by atoms with Crippen LogP contribution in [0.5, 0.6) is 0 Å². The van der Waals surface area contributed by atoms with Crippen LogP contribution >= 0.6 is 0 Å². The molecule has 1 aromatic heterocycles. The molecule has 0 spiro atoms. The Kier molecular flexibility index (Phi) is 6.32. The molecular formula is C22H31N3O2. The molecule has 0 aliphatic heterocycles. The lowest BCUT2D eigenvalue weighted by molar-refractivity contribution is -0.159. The van der Waals surface area contributed by atoms with E-state index in [1.54, 1.807) is 18.1 Å². The Bertz CT molecular complexity index is 737. The van der Waals surface area contributed by atoms with Crippen molar-refractivity contribution in [2.75, 3.05) is 13.6 Å². The van der Waals surface area contributed by atoms with E-state index in [1.165, 1.54) is 6.42 Å². The van der Waals surface area contributed by atoms with Crippen LogP contribution in [0.3, 0.4) is 0 Å². The quantitative estimate of drug-likeness (QED) is 0.812. The smallest absolute Gasteiger partial charge is 0.259 e. The van der Waals surface area contributed by atoms with Gasteiger partial charge in [0.25, 0.3) is 5.91 Å². The SMILES string of the molecule is Cc1nccn1CCCN(C)C(=O)C(O)(c1ccccc1)C1CCCCC1. The molecule has 0 saturated heterocycles.